The predicted molar refractivity (Wildman–Crippen MR) is 144 cm³/mol. The Morgan fingerprint density at radius 1 is 1.23 bits per heavy atom. The first-order valence-corrected chi connectivity index (χ1v) is 12.9. The molecule has 0 aliphatic carbocycles. The standard InChI is InChI=1S/C19H28ClN3O2S.C6H9NO2/c1-7-23(5)17(24)16(26-6)8-9-21-14-10-13(20)11-15(12-14)22-18(25)19(2,3)4;1-3-9-6(8)5(2)4-7/h8-12,16,21H,7H2,1-6H3,(H,22,25);5H,3H2,1-2H3. The Bertz CT molecular complexity index is 925. The van der Waals surface area contributed by atoms with Crippen molar-refractivity contribution in [3.8, 4) is 6.07 Å². The highest BCUT2D eigenvalue weighted by molar-refractivity contribution is 8.00. The maximum Gasteiger partial charge on any atom is 0.323 e. The zero-order valence-corrected chi connectivity index (χ0v) is 23.3. The van der Waals surface area contributed by atoms with Crippen molar-refractivity contribution in [1.82, 2.24) is 4.90 Å². The molecular formula is C25H37ClN4O4S. The van der Waals surface area contributed by atoms with E-state index in [0.717, 1.165) is 5.69 Å². The molecule has 0 saturated carbocycles. The average molecular weight is 525 g/mol. The zero-order valence-electron chi connectivity index (χ0n) is 21.8. The minimum absolute atomic E-state index is 0.0577. The first-order valence-electron chi connectivity index (χ1n) is 11.2. The number of anilines is 2. The maximum atomic E-state index is 12.2. The molecule has 2 atom stereocenters. The molecule has 0 saturated heterocycles. The number of amides is 2. The number of nitrogens with one attached hydrogen (secondary N) is 2. The highest BCUT2D eigenvalue weighted by Gasteiger charge is 2.21. The molecule has 8 nitrogen and oxygen atoms in total. The minimum Gasteiger partial charge on any atom is -0.465 e. The fourth-order valence-corrected chi connectivity index (χ4v) is 3.10. The Morgan fingerprint density at radius 2 is 1.83 bits per heavy atom. The number of esters is 1. The fraction of sp³-hybridized carbons (Fsp3) is 0.520. The van der Waals surface area contributed by atoms with Crippen molar-refractivity contribution in [3.63, 3.8) is 0 Å². The molecular weight excluding hydrogens is 488 g/mol. The molecule has 35 heavy (non-hydrogen) atoms. The van der Waals surface area contributed by atoms with Crippen LogP contribution in [0.3, 0.4) is 0 Å². The molecule has 0 spiro atoms. The van der Waals surface area contributed by atoms with Gasteiger partial charge < -0.3 is 20.3 Å². The Balaban J connectivity index is 0.00000109. The predicted octanol–water partition coefficient (Wildman–Crippen LogP) is 5.17. The summed E-state index contributed by atoms with van der Waals surface area (Å²) in [5, 5.41) is 14.4. The van der Waals surface area contributed by atoms with Gasteiger partial charge >= 0.3 is 5.97 Å². The number of carbonyl (C=O) groups excluding carboxylic acids is 3. The number of nitrogens with zero attached hydrogens (tertiary/aromatic N) is 2. The van der Waals surface area contributed by atoms with Crippen molar-refractivity contribution in [1.29, 1.82) is 5.26 Å². The normalized spacial score (nSPS) is 12.5. The monoisotopic (exact) mass is 524 g/mol. The van der Waals surface area contributed by atoms with Crippen molar-refractivity contribution >= 4 is 52.5 Å². The molecule has 1 rings (SSSR count). The number of halogens is 1. The van der Waals surface area contributed by atoms with E-state index in [4.69, 9.17) is 16.9 Å². The summed E-state index contributed by atoms with van der Waals surface area (Å²) in [6.45, 7) is 11.7. The molecule has 2 amide bonds. The van der Waals surface area contributed by atoms with E-state index in [2.05, 4.69) is 15.4 Å². The third-order valence-corrected chi connectivity index (χ3v) is 5.62. The lowest BCUT2D eigenvalue weighted by Gasteiger charge is -2.19. The number of nitriles is 1. The van der Waals surface area contributed by atoms with Crippen LogP contribution < -0.4 is 10.6 Å². The lowest BCUT2D eigenvalue weighted by molar-refractivity contribution is -0.145. The Kier molecular flexibility index (Phi) is 14.8. The van der Waals surface area contributed by atoms with Gasteiger partial charge in [-0.3, -0.25) is 14.4 Å². The third-order valence-electron chi connectivity index (χ3n) is 4.54. The average Bonchev–Trinajstić information content (AvgIpc) is 2.79. The van der Waals surface area contributed by atoms with E-state index in [0.29, 0.717) is 23.9 Å². The molecule has 1 aromatic carbocycles. The van der Waals surface area contributed by atoms with E-state index >= 15 is 0 Å². The van der Waals surface area contributed by atoms with Gasteiger partial charge in [-0.1, -0.05) is 32.4 Å². The minimum atomic E-state index is -0.634. The molecule has 0 aliphatic heterocycles. The summed E-state index contributed by atoms with van der Waals surface area (Å²) >= 11 is 7.62. The van der Waals surface area contributed by atoms with Crippen LogP contribution in [0.1, 0.15) is 41.5 Å². The molecule has 2 unspecified atom stereocenters. The van der Waals surface area contributed by atoms with Crippen LogP contribution in [-0.2, 0) is 19.1 Å². The molecule has 0 radical (unpaired) electrons. The number of rotatable bonds is 9. The molecule has 0 heterocycles. The smallest absolute Gasteiger partial charge is 0.323 e. The van der Waals surface area contributed by atoms with Gasteiger partial charge in [0.05, 0.1) is 12.7 Å². The van der Waals surface area contributed by atoms with E-state index in [1.165, 1.54) is 18.7 Å². The molecule has 0 bridgehead atoms. The first-order chi connectivity index (χ1) is 16.3. The van der Waals surface area contributed by atoms with E-state index in [1.807, 2.05) is 40.0 Å². The lowest BCUT2D eigenvalue weighted by Crippen LogP contribution is -2.33. The highest BCUT2D eigenvalue weighted by atomic mass is 35.5. The van der Waals surface area contributed by atoms with Crippen LogP contribution in [0, 0.1) is 22.7 Å². The Labute approximate surface area is 218 Å². The van der Waals surface area contributed by atoms with Crippen molar-refractivity contribution in [2.45, 2.75) is 46.8 Å². The third kappa shape index (κ3) is 12.5. The molecule has 0 aromatic heterocycles. The van der Waals surface area contributed by atoms with E-state index in [1.54, 1.807) is 49.3 Å². The first kappa shape index (κ1) is 32.3. The fourth-order valence-electron chi connectivity index (χ4n) is 2.25. The van der Waals surface area contributed by atoms with Crippen LogP contribution in [-0.4, -0.2) is 54.4 Å². The van der Waals surface area contributed by atoms with E-state index < -0.39 is 17.3 Å². The van der Waals surface area contributed by atoms with Crippen molar-refractivity contribution in [2.75, 3.05) is 37.1 Å². The molecule has 0 fully saturated rings. The maximum absolute atomic E-state index is 12.2. The summed E-state index contributed by atoms with van der Waals surface area (Å²) in [7, 11) is 1.79. The highest BCUT2D eigenvalue weighted by Crippen LogP contribution is 2.25. The molecule has 1 aromatic rings. The van der Waals surface area contributed by atoms with E-state index in [9.17, 15) is 14.4 Å². The van der Waals surface area contributed by atoms with Crippen LogP contribution in [0.15, 0.2) is 30.5 Å². The van der Waals surface area contributed by atoms with Gasteiger partial charge in [-0.05, 0) is 57.5 Å². The molecule has 2 N–H and O–H groups in total. The van der Waals surface area contributed by atoms with Gasteiger partial charge in [0.1, 0.15) is 11.2 Å². The lowest BCUT2D eigenvalue weighted by atomic mass is 9.95. The second-order valence-electron chi connectivity index (χ2n) is 8.55. The Hall–Kier alpha value is -2.70. The quantitative estimate of drug-likeness (QED) is 0.428. The number of hydrogen-bond donors (Lipinski definition) is 2. The summed E-state index contributed by atoms with van der Waals surface area (Å²) in [6, 6.07) is 7.03. The van der Waals surface area contributed by atoms with Gasteiger partial charge in [0.25, 0.3) is 0 Å². The molecule has 0 aliphatic rings. The van der Waals surface area contributed by atoms with Gasteiger partial charge in [-0.15, -0.1) is 11.8 Å². The van der Waals surface area contributed by atoms with Gasteiger partial charge in [-0.2, -0.15) is 5.26 Å². The van der Waals surface area contributed by atoms with Gasteiger partial charge in [0.15, 0.2) is 0 Å². The SMILES string of the molecule is CCN(C)C(=O)C(C=CNc1cc(Cl)cc(NC(=O)C(C)(C)C)c1)SC.CCOC(=O)C(C)C#N. The summed E-state index contributed by atoms with van der Waals surface area (Å²) in [6.07, 6.45) is 5.44. The summed E-state index contributed by atoms with van der Waals surface area (Å²) in [4.78, 5) is 36.6. The number of benzene rings is 1. The van der Waals surface area contributed by atoms with Gasteiger partial charge in [-0.25, -0.2) is 0 Å². The van der Waals surface area contributed by atoms with Crippen LogP contribution in [0.4, 0.5) is 11.4 Å². The van der Waals surface area contributed by atoms with Crippen molar-refractivity contribution < 1.29 is 19.1 Å². The van der Waals surface area contributed by atoms with Crippen LogP contribution >= 0.6 is 23.4 Å². The van der Waals surface area contributed by atoms with E-state index in [-0.39, 0.29) is 17.1 Å². The number of hydrogen-bond acceptors (Lipinski definition) is 7. The summed E-state index contributed by atoms with van der Waals surface area (Å²) in [5.41, 5.74) is 0.859. The second kappa shape index (κ2) is 16.1. The molecule has 10 heteroatoms. The largest absolute Gasteiger partial charge is 0.465 e. The summed E-state index contributed by atoms with van der Waals surface area (Å²) < 4.78 is 4.53. The van der Waals surface area contributed by atoms with Gasteiger partial charge in [0.2, 0.25) is 11.8 Å². The van der Waals surface area contributed by atoms with Crippen LogP contribution in [0.2, 0.25) is 5.02 Å². The zero-order chi connectivity index (χ0) is 27.2. The van der Waals surface area contributed by atoms with Crippen LogP contribution in [0.5, 0.6) is 0 Å². The van der Waals surface area contributed by atoms with Crippen molar-refractivity contribution in [2.24, 2.45) is 11.3 Å². The number of carbonyl (C=O) groups is 3. The van der Waals surface area contributed by atoms with Gasteiger partial charge in [0, 0.05) is 35.4 Å². The van der Waals surface area contributed by atoms with Crippen molar-refractivity contribution in [3.05, 3.63) is 35.5 Å². The Morgan fingerprint density at radius 3 is 2.31 bits per heavy atom. The topological polar surface area (TPSA) is 112 Å². The van der Waals surface area contributed by atoms with Crippen LogP contribution in [0.25, 0.3) is 0 Å². The molecule has 194 valence electrons. The summed E-state index contributed by atoms with van der Waals surface area (Å²) in [5.74, 6) is -1.11. The number of thioether (sulfide) groups is 1. The second-order valence-corrected chi connectivity index (χ2v) is 9.96. The number of ether oxygens (including phenoxy) is 1.